The number of benzene rings is 2. The summed E-state index contributed by atoms with van der Waals surface area (Å²) in [5, 5.41) is 4.46. The highest BCUT2D eigenvalue weighted by atomic mass is 35.5. The van der Waals surface area contributed by atoms with Crippen molar-refractivity contribution in [2.45, 2.75) is 20.3 Å². The van der Waals surface area contributed by atoms with Crippen LogP contribution in [-0.2, 0) is 11.2 Å². The molecule has 0 saturated heterocycles. The van der Waals surface area contributed by atoms with Gasteiger partial charge in [0.15, 0.2) is 16.8 Å². The number of thiazole rings is 1. The van der Waals surface area contributed by atoms with Gasteiger partial charge in [-0.1, -0.05) is 35.9 Å². The molecule has 0 aliphatic heterocycles. The highest BCUT2D eigenvalue weighted by molar-refractivity contribution is 7.22. The fraction of sp³-hybridized carbons (Fsp3) is 0.182. The van der Waals surface area contributed by atoms with Gasteiger partial charge >= 0.3 is 5.97 Å². The summed E-state index contributed by atoms with van der Waals surface area (Å²) in [6.07, 6.45) is 2.43. The molecule has 0 radical (unpaired) electrons. The Morgan fingerprint density at radius 2 is 1.93 bits per heavy atom. The molecule has 0 amide bonds. The van der Waals surface area contributed by atoms with E-state index in [0.717, 1.165) is 22.2 Å². The highest BCUT2D eigenvalue weighted by Gasteiger charge is 2.18. The Balaban J connectivity index is 1.74. The van der Waals surface area contributed by atoms with Crippen molar-refractivity contribution < 1.29 is 9.53 Å². The number of fused-ring (bicyclic) bond motifs is 1. The SMILES string of the molecule is CCOC(=O)c1cnc(-c2ccc(Cl)cc2)nc1Nc1nc2ccc(CC)cc2s1. The normalized spacial score (nSPS) is 10.9. The summed E-state index contributed by atoms with van der Waals surface area (Å²) in [7, 11) is 0. The minimum atomic E-state index is -0.489. The molecule has 30 heavy (non-hydrogen) atoms. The van der Waals surface area contributed by atoms with Crippen LogP contribution in [0.4, 0.5) is 10.9 Å². The fourth-order valence-corrected chi connectivity index (χ4v) is 3.97. The van der Waals surface area contributed by atoms with Crippen molar-refractivity contribution >= 4 is 50.1 Å². The van der Waals surface area contributed by atoms with Crippen molar-refractivity contribution in [2.75, 3.05) is 11.9 Å². The highest BCUT2D eigenvalue weighted by Crippen LogP contribution is 2.30. The molecule has 2 heterocycles. The molecule has 0 aliphatic carbocycles. The molecule has 2 aromatic heterocycles. The number of halogens is 1. The summed E-state index contributed by atoms with van der Waals surface area (Å²) < 4.78 is 6.23. The Labute approximate surface area is 182 Å². The van der Waals surface area contributed by atoms with Gasteiger partial charge in [-0.2, -0.15) is 0 Å². The van der Waals surface area contributed by atoms with Crippen molar-refractivity contribution in [3.05, 3.63) is 64.8 Å². The molecule has 6 nitrogen and oxygen atoms in total. The van der Waals surface area contributed by atoms with Crippen LogP contribution in [0.15, 0.2) is 48.7 Å². The molecule has 0 unspecified atom stereocenters. The molecule has 0 spiro atoms. The minimum Gasteiger partial charge on any atom is -0.462 e. The third-order valence-corrected chi connectivity index (χ3v) is 5.66. The molecule has 152 valence electrons. The average molecular weight is 439 g/mol. The second-order valence-electron chi connectivity index (χ2n) is 6.48. The quantitative estimate of drug-likeness (QED) is 0.378. The smallest absolute Gasteiger partial charge is 0.343 e. The van der Waals surface area contributed by atoms with Gasteiger partial charge in [-0.25, -0.2) is 19.7 Å². The average Bonchev–Trinajstić information content (AvgIpc) is 3.15. The summed E-state index contributed by atoms with van der Waals surface area (Å²) in [4.78, 5) is 26.0. The molecule has 0 aliphatic rings. The van der Waals surface area contributed by atoms with Crippen LogP contribution >= 0.6 is 22.9 Å². The number of carbonyl (C=O) groups is 1. The topological polar surface area (TPSA) is 77.0 Å². The van der Waals surface area contributed by atoms with E-state index >= 15 is 0 Å². The lowest BCUT2D eigenvalue weighted by Gasteiger charge is -2.10. The maximum Gasteiger partial charge on any atom is 0.343 e. The molecular weight excluding hydrogens is 420 g/mol. The maximum absolute atomic E-state index is 12.4. The first-order valence-electron chi connectivity index (χ1n) is 9.54. The largest absolute Gasteiger partial charge is 0.462 e. The van der Waals surface area contributed by atoms with Crippen LogP contribution < -0.4 is 5.32 Å². The van der Waals surface area contributed by atoms with E-state index in [2.05, 4.69) is 39.3 Å². The summed E-state index contributed by atoms with van der Waals surface area (Å²) in [6.45, 7) is 4.14. The predicted molar refractivity (Wildman–Crippen MR) is 121 cm³/mol. The number of anilines is 2. The Bertz CT molecular complexity index is 1210. The first kappa shape index (κ1) is 20.3. The second-order valence-corrected chi connectivity index (χ2v) is 7.95. The first-order valence-corrected chi connectivity index (χ1v) is 10.7. The monoisotopic (exact) mass is 438 g/mol. The van der Waals surface area contributed by atoms with E-state index in [4.69, 9.17) is 16.3 Å². The van der Waals surface area contributed by atoms with Crippen molar-refractivity contribution in [3.63, 3.8) is 0 Å². The number of ether oxygens (including phenoxy) is 1. The lowest BCUT2D eigenvalue weighted by Crippen LogP contribution is -2.11. The zero-order valence-electron chi connectivity index (χ0n) is 16.5. The molecule has 8 heteroatoms. The van der Waals surface area contributed by atoms with Crippen LogP contribution in [0, 0.1) is 0 Å². The van der Waals surface area contributed by atoms with Crippen molar-refractivity contribution in [1.29, 1.82) is 0 Å². The van der Waals surface area contributed by atoms with Crippen LogP contribution in [0.3, 0.4) is 0 Å². The second kappa shape index (κ2) is 8.77. The van der Waals surface area contributed by atoms with E-state index in [1.165, 1.54) is 23.1 Å². The number of hydrogen-bond acceptors (Lipinski definition) is 7. The zero-order chi connectivity index (χ0) is 21.1. The predicted octanol–water partition coefficient (Wildman–Crippen LogP) is 5.89. The van der Waals surface area contributed by atoms with E-state index < -0.39 is 5.97 Å². The molecule has 1 N–H and O–H groups in total. The van der Waals surface area contributed by atoms with Crippen LogP contribution in [0.1, 0.15) is 29.8 Å². The standard InChI is InChI=1S/C22H19ClN4O2S/c1-3-13-5-10-17-18(11-13)30-22(25-17)27-20-16(21(28)29-4-2)12-24-19(26-20)14-6-8-15(23)9-7-14/h5-12H,3-4H2,1-2H3,(H,24,25,26,27). The van der Waals surface area contributed by atoms with Crippen LogP contribution in [0.2, 0.25) is 5.02 Å². The third kappa shape index (κ3) is 4.27. The number of esters is 1. The van der Waals surface area contributed by atoms with Gasteiger partial charge in [-0.15, -0.1) is 0 Å². The van der Waals surface area contributed by atoms with Crippen LogP contribution in [0.5, 0.6) is 0 Å². The summed E-state index contributed by atoms with van der Waals surface area (Å²) >= 11 is 7.49. The minimum absolute atomic E-state index is 0.253. The van der Waals surface area contributed by atoms with E-state index in [-0.39, 0.29) is 12.2 Å². The molecule has 0 atom stereocenters. The van der Waals surface area contributed by atoms with Gasteiger partial charge in [0.25, 0.3) is 0 Å². The molecule has 4 rings (SSSR count). The van der Waals surface area contributed by atoms with E-state index in [9.17, 15) is 4.79 Å². The number of carbonyl (C=O) groups excluding carboxylic acids is 1. The number of aromatic nitrogens is 3. The van der Waals surface area contributed by atoms with Gasteiger partial charge in [-0.05, 0) is 55.3 Å². The molecule has 4 aromatic rings. The van der Waals surface area contributed by atoms with Gasteiger partial charge in [0.1, 0.15) is 5.56 Å². The molecule has 2 aromatic carbocycles. The molecular formula is C22H19ClN4O2S. The Hall–Kier alpha value is -3.03. The van der Waals surface area contributed by atoms with Gasteiger partial charge < -0.3 is 10.1 Å². The lowest BCUT2D eigenvalue weighted by atomic mass is 10.2. The van der Waals surface area contributed by atoms with Crippen LogP contribution in [-0.4, -0.2) is 27.5 Å². The number of nitrogens with one attached hydrogen (secondary N) is 1. The van der Waals surface area contributed by atoms with Crippen molar-refractivity contribution in [3.8, 4) is 11.4 Å². The number of hydrogen-bond donors (Lipinski definition) is 1. The van der Waals surface area contributed by atoms with E-state index in [0.29, 0.717) is 21.8 Å². The van der Waals surface area contributed by atoms with Gasteiger partial charge in [0, 0.05) is 16.8 Å². The molecule has 0 fully saturated rings. The Morgan fingerprint density at radius 3 is 2.67 bits per heavy atom. The fourth-order valence-electron chi connectivity index (χ4n) is 2.92. The van der Waals surface area contributed by atoms with Gasteiger partial charge in [0.05, 0.1) is 16.8 Å². The molecule has 0 saturated carbocycles. The summed E-state index contributed by atoms with van der Waals surface area (Å²) in [6, 6.07) is 13.4. The Kier molecular flexibility index (Phi) is 5.92. The summed E-state index contributed by atoms with van der Waals surface area (Å²) in [5.41, 5.74) is 3.18. The van der Waals surface area contributed by atoms with E-state index in [1.807, 2.05) is 18.2 Å². The maximum atomic E-state index is 12.4. The summed E-state index contributed by atoms with van der Waals surface area (Å²) in [5.74, 6) is 0.330. The number of aryl methyl sites for hydroxylation is 1. The van der Waals surface area contributed by atoms with Crippen LogP contribution in [0.25, 0.3) is 21.6 Å². The van der Waals surface area contributed by atoms with E-state index in [1.54, 1.807) is 19.1 Å². The number of nitrogens with zero attached hydrogens (tertiary/aromatic N) is 3. The van der Waals surface area contributed by atoms with Gasteiger partial charge in [-0.3, -0.25) is 0 Å². The molecule has 0 bridgehead atoms. The van der Waals surface area contributed by atoms with Crippen molar-refractivity contribution in [2.24, 2.45) is 0 Å². The zero-order valence-corrected chi connectivity index (χ0v) is 18.0. The van der Waals surface area contributed by atoms with Crippen molar-refractivity contribution in [1.82, 2.24) is 15.0 Å². The lowest BCUT2D eigenvalue weighted by molar-refractivity contribution is 0.0526. The number of rotatable bonds is 6. The van der Waals surface area contributed by atoms with Gasteiger partial charge in [0.2, 0.25) is 0 Å². The first-order chi connectivity index (χ1) is 14.6. The third-order valence-electron chi connectivity index (χ3n) is 4.47. The Morgan fingerprint density at radius 1 is 1.13 bits per heavy atom.